The van der Waals surface area contributed by atoms with E-state index in [0.717, 1.165) is 0 Å². The Morgan fingerprint density at radius 2 is 1.62 bits per heavy atom. The predicted molar refractivity (Wildman–Crippen MR) is 59.5 cm³/mol. The van der Waals surface area contributed by atoms with Gasteiger partial charge in [-0.05, 0) is 12.1 Å². The molecular weight excluding hydrogens is 236 g/mol. The molecule has 2 nitrogen and oxygen atoms in total. The molecule has 0 spiro atoms. The number of hydrogen-bond acceptors (Lipinski definition) is 2. The molecule has 2 aromatic rings. The zero-order chi connectivity index (χ0) is 10.9. The van der Waals surface area contributed by atoms with Crippen molar-refractivity contribution >= 4 is 5.97 Å². The second-order valence-electron chi connectivity index (χ2n) is 2.75. The Morgan fingerprint density at radius 1 is 1.06 bits per heavy atom. The molecule has 0 N–H and O–H groups in total. The van der Waals surface area contributed by atoms with Crippen molar-refractivity contribution < 1.29 is 31.2 Å². The molecule has 0 atom stereocenters. The van der Waals surface area contributed by atoms with Crippen LogP contribution in [0, 0.1) is 6.92 Å². The molecule has 0 unspecified atom stereocenters. The molecule has 2 aromatic carbocycles. The van der Waals surface area contributed by atoms with Crippen LogP contribution in [-0.4, -0.2) is 5.97 Å². The summed E-state index contributed by atoms with van der Waals surface area (Å²) in [5.41, 5.74) is 0. The van der Waals surface area contributed by atoms with E-state index in [1.807, 2.05) is 36.4 Å². The van der Waals surface area contributed by atoms with Gasteiger partial charge in [0.25, 0.3) is 0 Å². The molecule has 0 saturated heterocycles. The zero-order valence-electron chi connectivity index (χ0n) is 8.80. The van der Waals surface area contributed by atoms with Gasteiger partial charge in [0.15, 0.2) is 5.97 Å². The molecule has 0 radical (unpaired) electrons. The summed E-state index contributed by atoms with van der Waals surface area (Å²) in [6.07, 6.45) is 0. The smallest absolute Gasteiger partial charge is 0.452 e. The molecule has 80 valence electrons. The van der Waals surface area contributed by atoms with Gasteiger partial charge in [-0.1, -0.05) is 18.2 Å². The summed E-state index contributed by atoms with van der Waals surface area (Å²) in [4.78, 5) is 10.3. The molecule has 0 saturated carbocycles. The number of rotatable bonds is 1. The fourth-order valence-corrected chi connectivity index (χ4v) is 0.941. The molecule has 0 aliphatic rings. The van der Waals surface area contributed by atoms with Crippen LogP contribution < -0.4 is 4.74 Å². The van der Waals surface area contributed by atoms with Crippen molar-refractivity contribution in [2.45, 2.75) is 0 Å². The van der Waals surface area contributed by atoms with Crippen LogP contribution in [0.15, 0.2) is 60.7 Å². The summed E-state index contributed by atoms with van der Waals surface area (Å²) in [6.45, 7) is 3.07. The molecule has 0 heterocycles. The van der Waals surface area contributed by atoms with Gasteiger partial charge in [0.2, 0.25) is 0 Å². The average molecular weight is 248 g/mol. The van der Waals surface area contributed by atoms with Crippen LogP contribution in [0.1, 0.15) is 0 Å². The summed E-state index contributed by atoms with van der Waals surface area (Å²) in [6, 6.07) is 18.8. The second-order valence-corrected chi connectivity index (χ2v) is 2.75. The van der Waals surface area contributed by atoms with Crippen LogP contribution in [0.3, 0.4) is 0 Å². The van der Waals surface area contributed by atoms with E-state index in [0.29, 0.717) is 5.75 Å². The summed E-state index contributed by atoms with van der Waals surface area (Å²) < 4.78 is 4.66. The Bertz CT molecular complexity index is 351. The average Bonchev–Trinajstić information content (AvgIpc) is 2.76. The largest absolute Gasteiger partial charge is 2.00 e. The fraction of sp³-hybridized carbons (Fsp3) is 0. The van der Waals surface area contributed by atoms with Crippen molar-refractivity contribution in [1.82, 2.24) is 0 Å². The molecule has 0 aliphatic heterocycles. The molecule has 16 heavy (non-hydrogen) atoms. The first-order valence-corrected chi connectivity index (χ1v) is 4.54. The third-order valence-electron chi connectivity index (χ3n) is 1.53. The molecule has 0 aliphatic carbocycles. The number of carbonyl (C=O) groups excluding carboxylic acids is 1. The molecule has 0 bridgehead atoms. The maximum absolute atomic E-state index is 10.3. The normalized spacial score (nSPS) is 8.00. The van der Waals surface area contributed by atoms with Gasteiger partial charge in [0.05, 0.1) is 0 Å². The first kappa shape index (κ1) is 14.6. The van der Waals surface area contributed by atoms with Crippen molar-refractivity contribution in [3.05, 3.63) is 67.6 Å². The van der Waals surface area contributed by atoms with Gasteiger partial charge in [0.1, 0.15) is 5.75 Å². The number of esters is 1. The van der Waals surface area contributed by atoms with Crippen LogP contribution in [0.25, 0.3) is 0 Å². The van der Waals surface area contributed by atoms with E-state index >= 15 is 0 Å². The van der Waals surface area contributed by atoms with E-state index < -0.39 is 5.97 Å². The van der Waals surface area contributed by atoms with Crippen molar-refractivity contribution in [2.24, 2.45) is 0 Å². The van der Waals surface area contributed by atoms with E-state index in [9.17, 15) is 4.79 Å². The van der Waals surface area contributed by atoms with Crippen LogP contribution in [-0.2, 0) is 26.5 Å². The maximum atomic E-state index is 10.3. The number of ether oxygens (including phenoxy) is 1. The summed E-state index contributed by atoms with van der Waals surface area (Å²) in [5.74, 6) is -0.00583. The minimum atomic E-state index is -0.536. The fourth-order valence-electron chi connectivity index (χ4n) is 0.941. The second kappa shape index (κ2) is 8.89. The monoisotopic (exact) mass is 248 g/mol. The summed E-state index contributed by atoms with van der Waals surface area (Å²) in [5, 5.41) is 0. The quantitative estimate of drug-likeness (QED) is 0.335. The van der Waals surface area contributed by atoms with Crippen molar-refractivity contribution in [3.8, 4) is 5.75 Å². The Balaban J connectivity index is 0.000000318. The van der Waals surface area contributed by atoms with Crippen molar-refractivity contribution in [1.29, 1.82) is 0 Å². The van der Waals surface area contributed by atoms with Crippen molar-refractivity contribution in [3.63, 3.8) is 0 Å². The molecule has 2 rings (SSSR count). The van der Waals surface area contributed by atoms with Crippen LogP contribution in [0.4, 0.5) is 0 Å². The Hall–Kier alpha value is -1.38. The number of carbonyl (C=O) groups is 1. The zero-order valence-corrected chi connectivity index (χ0v) is 10.4. The first-order valence-electron chi connectivity index (χ1n) is 4.54. The van der Waals surface area contributed by atoms with Gasteiger partial charge < -0.3 is 4.74 Å². The minimum absolute atomic E-state index is 0. The van der Waals surface area contributed by atoms with Crippen LogP contribution >= 0.6 is 0 Å². The maximum Gasteiger partial charge on any atom is 2.00 e. The van der Waals surface area contributed by atoms with Gasteiger partial charge in [-0.2, -0.15) is 18.2 Å². The molecular formula is C13H12O2Ti. The van der Waals surface area contributed by atoms with E-state index in [2.05, 4.69) is 11.7 Å². The predicted octanol–water partition coefficient (Wildman–Crippen LogP) is 2.83. The third-order valence-corrected chi connectivity index (χ3v) is 1.53. The van der Waals surface area contributed by atoms with Crippen LogP contribution in [0.2, 0.25) is 0 Å². The topological polar surface area (TPSA) is 26.3 Å². The van der Waals surface area contributed by atoms with Crippen LogP contribution in [0.5, 0.6) is 5.75 Å². The van der Waals surface area contributed by atoms with E-state index in [-0.39, 0.29) is 21.7 Å². The standard InChI is InChI=1S/C8H7O2.C5H5.Ti/c1-7(9)10-8-5-3-2-4-6-8;1-2-4-5-3-1;/h2-6H,1H2;1-5H;/q2*-1;+2. The van der Waals surface area contributed by atoms with E-state index in [1.54, 1.807) is 24.3 Å². The Kier molecular flexibility index (Phi) is 8.13. The summed E-state index contributed by atoms with van der Waals surface area (Å²) in [7, 11) is 0. The number of hydrogen-bond donors (Lipinski definition) is 0. The minimum Gasteiger partial charge on any atom is -0.452 e. The van der Waals surface area contributed by atoms with Gasteiger partial charge in [0, 0.05) is 0 Å². The molecule has 0 aromatic heterocycles. The van der Waals surface area contributed by atoms with Gasteiger partial charge in [-0.25, -0.2) is 12.1 Å². The molecule has 0 amide bonds. The number of benzene rings is 1. The third kappa shape index (κ3) is 6.99. The van der Waals surface area contributed by atoms with Gasteiger partial charge >= 0.3 is 21.7 Å². The SMILES string of the molecule is [CH2-]C(=O)Oc1ccccc1.[Ti+2].c1cc[cH-]c1. The molecule has 0 fully saturated rings. The van der Waals surface area contributed by atoms with E-state index in [1.165, 1.54) is 0 Å². The Morgan fingerprint density at radius 3 is 2.00 bits per heavy atom. The van der Waals surface area contributed by atoms with Crippen molar-refractivity contribution in [2.75, 3.05) is 0 Å². The summed E-state index contributed by atoms with van der Waals surface area (Å²) >= 11 is 0. The number of para-hydroxylation sites is 1. The molecule has 3 heteroatoms. The van der Waals surface area contributed by atoms with Gasteiger partial charge in [-0.3, -0.25) is 11.7 Å². The Labute approximate surface area is 110 Å². The van der Waals surface area contributed by atoms with Gasteiger partial charge in [-0.15, -0.1) is 0 Å². The first-order chi connectivity index (χ1) is 7.29. The van der Waals surface area contributed by atoms with E-state index in [4.69, 9.17) is 0 Å².